The summed E-state index contributed by atoms with van der Waals surface area (Å²) in [6.07, 6.45) is 5.57. The molecule has 0 saturated heterocycles. The highest BCUT2D eigenvalue weighted by atomic mass is 32.1. The molecule has 2 N–H and O–H groups in total. The van der Waals surface area contributed by atoms with Gasteiger partial charge in [-0.05, 0) is 12.8 Å². The third-order valence-corrected chi connectivity index (χ3v) is 4.38. The molecule has 104 valence electrons. The second kappa shape index (κ2) is 6.65. The maximum Gasteiger partial charge on any atom is 0.307 e. The van der Waals surface area contributed by atoms with Gasteiger partial charge in [0.1, 0.15) is 0 Å². The van der Waals surface area contributed by atoms with E-state index in [2.05, 4.69) is 10.3 Å². The number of carboxylic acid groups (broad SMARTS) is 1. The Morgan fingerprint density at radius 3 is 2.74 bits per heavy atom. The van der Waals surface area contributed by atoms with Crippen LogP contribution in [-0.4, -0.2) is 28.5 Å². The van der Waals surface area contributed by atoms with Gasteiger partial charge in [-0.25, -0.2) is 4.98 Å². The number of aromatic nitrogens is 1. The SMILES string of the molecule is O=C(O)[C@H]1CCCC[C@H]1C(=O)NCCc1nccs1. The van der Waals surface area contributed by atoms with Crippen LogP contribution in [-0.2, 0) is 16.0 Å². The Morgan fingerprint density at radius 1 is 1.37 bits per heavy atom. The molecule has 1 amide bonds. The van der Waals surface area contributed by atoms with Crippen molar-refractivity contribution >= 4 is 23.2 Å². The Kier molecular flexibility index (Phi) is 4.90. The second-order valence-electron chi connectivity index (χ2n) is 4.80. The Balaban J connectivity index is 1.82. The minimum atomic E-state index is -0.847. The van der Waals surface area contributed by atoms with Gasteiger partial charge in [0.2, 0.25) is 5.91 Å². The van der Waals surface area contributed by atoms with Crippen LogP contribution in [0.15, 0.2) is 11.6 Å². The zero-order valence-electron chi connectivity index (χ0n) is 10.7. The average Bonchev–Trinajstić information content (AvgIpc) is 2.91. The molecule has 19 heavy (non-hydrogen) atoms. The van der Waals surface area contributed by atoms with Crippen molar-refractivity contribution in [3.63, 3.8) is 0 Å². The largest absolute Gasteiger partial charge is 0.481 e. The van der Waals surface area contributed by atoms with E-state index in [1.54, 1.807) is 17.5 Å². The van der Waals surface area contributed by atoms with Crippen LogP contribution in [0.4, 0.5) is 0 Å². The van der Waals surface area contributed by atoms with Crippen LogP contribution in [0.1, 0.15) is 30.7 Å². The van der Waals surface area contributed by atoms with Crippen molar-refractivity contribution in [1.29, 1.82) is 0 Å². The third-order valence-electron chi connectivity index (χ3n) is 3.54. The van der Waals surface area contributed by atoms with Gasteiger partial charge in [-0.3, -0.25) is 9.59 Å². The van der Waals surface area contributed by atoms with E-state index in [1.807, 2.05) is 5.38 Å². The highest BCUT2D eigenvalue weighted by molar-refractivity contribution is 7.09. The zero-order valence-corrected chi connectivity index (χ0v) is 11.5. The summed E-state index contributed by atoms with van der Waals surface area (Å²) in [7, 11) is 0. The lowest BCUT2D eigenvalue weighted by Gasteiger charge is -2.27. The fourth-order valence-corrected chi connectivity index (χ4v) is 3.16. The van der Waals surface area contributed by atoms with E-state index in [1.165, 1.54) is 0 Å². The average molecular weight is 282 g/mol. The Hall–Kier alpha value is -1.43. The number of carbonyl (C=O) groups is 2. The number of carbonyl (C=O) groups excluding carboxylic acids is 1. The number of thiazole rings is 1. The number of hydrogen-bond acceptors (Lipinski definition) is 4. The molecule has 2 atom stereocenters. The van der Waals surface area contributed by atoms with Gasteiger partial charge in [0.25, 0.3) is 0 Å². The Morgan fingerprint density at radius 2 is 2.11 bits per heavy atom. The van der Waals surface area contributed by atoms with Crippen molar-refractivity contribution in [3.8, 4) is 0 Å². The predicted octanol–water partition coefficient (Wildman–Crippen LogP) is 1.69. The third kappa shape index (κ3) is 3.76. The van der Waals surface area contributed by atoms with Gasteiger partial charge in [0.15, 0.2) is 0 Å². The van der Waals surface area contributed by atoms with Crippen LogP contribution in [0.3, 0.4) is 0 Å². The van der Waals surface area contributed by atoms with Crippen molar-refractivity contribution in [2.24, 2.45) is 11.8 Å². The Bertz CT molecular complexity index is 433. The van der Waals surface area contributed by atoms with Crippen molar-refractivity contribution in [2.75, 3.05) is 6.54 Å². The predicted molar refractivity (Wildman–Crippen MR) is 71.9 cm³/mol. The quantitative estimate of drug-likeness (QED) is 0.861. The van der Waals surface area contributed by atoms with E-state index < -0.39 is 11.9 Å². The van der Waals surface area contributed by atoms with Gasteiger partial charge in [0, 0.05) is 24.5 Å². The minimum absolute atomic E-state index is 0.122. The second-order valence-corrected chi connectivity index (χ2v) is 5.78. The molecule has 1 saturated carbocycles. The number of amides is 1. The number of hydrogen-bond donors (Lipinski definition) is 2. The van der Waals surface area contributed by atoms with Crippen LogP contribution in [0.25, 0.3) is 0 Å². The van der Waals surface area contributed by atoms with Gasteiger partial charge in [-0.15, -0.1) is 11.3 Å². The van der Waals surface area contributed by atoms with E-state index >= 15 is 0 Å². The van der Waals surface area contributed by atoms with Crippen LogP contribution >= 0.6 is 11.3 Å². The smallest absolute Gasteiger partial charge is 0.307 e. The summed E-state index contributed by atoms with van der Waals surface area (Å²) in [5.41, 5.74) is 0. The lowest BCUT2D eigenvalue weighted by Crippen LogP contribution is -2.40. The summed E-state index contributed by atoms with van der Waals surface area (Å²) in [4.78, 5) is 27.3. The molecule has 1 aliphatic rings. The van der Waals surface area contributed by atoms with Gasteiger partial charge >= 0.3 is 5.97 Å². The van der Waals surface area contributed by atoms with Gasteiger partial charge in [-0.2, -0.15) is 0 Å². The van der Waals surface area contributed by atoms with Gasteiger partial charge in [0.05, 0.1) is 16.8 Å². The zero-order chi connectivity index (χ0) is 13.7. The summed E-state index contributed by atoms with van der Waals surface area (Å²) in [6, 6.07) is 0. The molecule has 6 heteroatoms. The van der Waals surface area contributed by atoms with E-state index in [0.29, 0.717) is 25.8 Å². The standard InChI is InChI=1S/C13H18N2O3S/c16-12(15-6-5-11-14-7-8-19-11)9-3-1-2-4-10(9)13(17)18/h7-10H,1-6H2,(H,15,16)(H,17,18)/t9-,10+/m1/s1. The molecule has 0 unspecified atom stereocenters. The first-order chi connectivity index (χ1) is 9.18. The fraction of sp³-hybridized carbons (Fsp3) is 0.615. The molecule has 0 spiro atoms. The molecule has 2 rings (SSSR count). The van der Waals surface area contributed by atoms with Crippen molar-refractivity contribution in [2.45, 2.75) is 32.1 Å². The summed E-state index contributed by atoms with van der Waals surface area (Å²) < 4.78 is 0. The number of aliphatic carboxylic acids is 1. The fourth-order valence-electron chi connectivity index (χ4n) is 2.54. The molecular weight excluding hydrogens is 264 g/mol. The highest BCUT2D eigenvalue weighted by Gasteiger charge is 2.35. The molecule has 1 aromatic heterocycles. The van der Waals surface area contributed by atoms with E-state index in [0.717, 1.165) is 17.8 Å². The van der Waals surface area contributed by atoms with Gasteiger partial charge in [-0.1, -0.05) is 12.8 Å². The molecule has 1 heterocycles. The van der Waals surface area contributed by atoms with Crippen LogP contribution in [0, 0.1) is 11.8 Å². The molecule has 0 bridgehead atoms. The first kappa shape index (κ1) is 14.0. The first-order valence-corrected chi connectivity index (χ1v) is 7.45. The maximum absolute atomic E-state index is 12.0. The molecule has 0 aromatic carbocycles. The number of carboxylic acids is 1. The van der Waals surface area contributed by atoms with Crippen LogP contribution < -0.4 is 5.32 Å². The molecule has 1 aromatic rings. The van der Waals surface area contributed by atoms with E-state index in [-0.39, 0.29) is 11.8 Å². The molecule has 0 aliphatic heterocycles. The number of rotatable bonds is 5. The minimum Gasteiger partial charge on any atom is -0.481 e. The van der Waals surface area contributed by atoms with E-state index in [9.17, 15) is 9.59 Å². The highest BCUT2D eigenvalue weighted by Crippen LogP contribution is 2.30. The van der Waals surface area contributed by atoms with Crippen molar-refractivity contribution in [1.82, 2.24) is 10.3 Å². The molecule has 1 aliphatic carbocycles. The monoisotopic (exact) mass is 282 g/mol. The lowest BCUT2D eigenvalue weighted by atomic mass is 9.79. The Labute approximate surface area is 116 Å². The number of nitrogens with zero attached hydrogens (tertiary/aromatic N) is 1. The normalized spacial score (nSPS) is 22.9. The summed E-state index contributed by atoms with van der Waals surface area (Å²) in [5, 5.41) is 14.9. The van der Waals surface area contributed by atoms with Crippen LogP contribution in [0.2, 0.25) is 0 Å². The van der Waals surface area contributed by atoms with E-state index in [4.69, 9.17) is 5.11 Å². The number of nitrogens with one attached hydrogen (secondary N) is 1. The topological polar surface area (TPSA) is 79.3 Å². The molecule has 0 radical (unpaired) electrons. The molecule has 5 nitrogen and oxygen atoms in total. The van der Waals surface area contributed by atoms with Crippen molar-refractivity contribution < 1.29 is 14.7 Å². The summed E-state index contributed by atoms with van der Waals surface area (Å²) in [5.74, 6) is -1.86. The molecule has 1 fully saturated rings. The maximum atomic E-state index is 12.0. The summed E-state index contributed by atoms with van der Waals surface area (Å²) >= 11 is 1.56. The molecular formula is C13H18N2O3S. The first-order valence-electron chi connectivity index (χ1n) is 6.57. The van der Waals surface area contributed by atoms with Crippen LogP contribution in [0.5, 0.6) is 0 Å². The lowest BCUT2D eigenvalue weighted by molar-refractivity contribution is -0.148. The van der Waals surface area contributed by atoms with Crippen molar-refractivity contribution in [3.05, 3.63) is 16.6 Å². The summed E-state index contributed by atoms with van der Waals surface area (Å²) in [6.45, 7) is 0.523. The van der Waals surface area contributed by atoms with Gasteiger partial charge < -0.3 is 10.4 Å².